The second-order valence-corrected chi connectivity index (χ2v) is 6.19. The maximum atomic E-state index is 13.8. The summed E-state index contributed by atoms with van der Waals surface area (Å²) in [5.41, 5.74) is 2.11. The molecule has 0 amide bonds. The highest BCUT2D eigenvalue weighted by Gasteiger charge is 2.05. The van der Waals surface area contributed by atoms with Crippen molar-refractivity contribution in [3.8, 4) is 6.07 Å². The molecule has 0 aliphatic heterocycles. The van der Waals surface area contributed by atoms with Gasteiger partial charge >= 0.3 is 0 Å². The molecule has 0 aliphatic carbocycles. The molecule has 3 rings (SSSR count). The number of fused-ring (bicyclic) bond motifs is 1. The van der Waals surface area contributed by atoms with Crippen LogP contribution in [0.2, 0.25) is 0 Å². The molecule has 1 heterocycles. The third-order valence-corrected chi connectivity index (χ3v) is 4.39. The zero-order valence-corrected chi connectivity index (χ0v) is 15.2. The molecule has 6 heteroatoms. The van der Waals surface area contributed by atoms with Gasteiger partial charge < -0.3 is 15.2 Å². The highest BCUT2D eigenvalue weighted by molar-refractivity contribution is 5.80. The molecule has 27 heavy (non-hydrogen) atoms. The zero-order valence-electron chi connectivity index (χ0n) is 15.2. The Morgan fingerprint density at radius 3 is 2.85 bits per heavy atom. The van der Waals surface area contributed by atoms with Crippen molar-refractivity contribution in [3.63, 3.8) is 0 Å². The molecule has 5 nitrogen and oxygen atoms in total. The average molecular weight is 363 g/mol. The van der Waals surface area contributed by atoms with Crippen molar-refractivity contribution in [2.75, 3.05) is 13.6 Å². The van der Waals surface area contributed by atoms with Crippen LogP contribution in [-0.4, -0.2) is 24.1 Å². The van der Waals surface area contributed by atoms with Crippen LogP contribution >= 0.6 is 0 Å². The molecule has 0 aliphatic rings. The zero-order chi connectivity index (χ0) is 19.1. The summed E-state index contributed by atoms with van der Waals surface area (Å²) < 4.78 is 16.1. The van der Waals surface area contributed by atoms with Gasteiger partial charge in [-0.25, -0.2) is 4.39 Å². The number of benzene rings is 2. The summed E-state index contributed by atoms with van der Waals surface area (Å²) in [4.78, 5) is 4.16. The van der Waals surface area contributed by atoms with Crippen LogP contribution < -0.4 is 10.6 Å². The highest BCUT2D eigenvalue weighted by atomic mass is 19.1. The van der Waals surface area contributed by atoms with Crippen LogP contribution in [-0.2, 0) is 13.1 Å². The molecule has 0 radical (unpaired) electrons. The molecule has 3 aromatic rings. The summed E-state index contributed by atoms with van der Waals surface area (Å²) >= 11 is 0. The third kappa shape index (κ3) is 4.64. The van der Waals surface area contributed by atoms with Gasteiger partial charge in [0.15, 0.2) is 5.96 Å². The molecule has 2 N–H and O–H groups in total. The van der Waals surface area contributed by atoms with Gasteiger partial charge in [0.25, 0.3) is 0 Å². The number of nitrogens with one attached hydrogen (secondary N) is 2. The molecule has 1 aromatic heterocycles. The van der Waals surface area contributed by atoms with E-state index >= 15 is 0 Å². The SMILES string of the molecule is CN=C(NCCCn1ccc2ccccc21)NCc1cc(C#N)ccc1F. The number of nitriles is 1. The normalized spacial score (nSPS) is 11.4. The largest absolute Gasteiger partial charge is 0.356 e. The first-order chi connectivity index (χ1) is 13.2. The van der Waals surface area contributed by atoms with Gasteiger partial charge in [-0.3, -0.25) is 4.99 Å². The Morgan fingerprint density at radius 1 is 1.19 bits per heavy atom. The van der Waals surface area contributed by atoms with Crippen LogP contribution in [0.25, 0.3) is 10.9 Å². The number of halogens is 1. The highest BCUT2D eigenvalue weighted by Crippen LogP contribution is 2.15. The van der Waals surface area contributed by atoms with E-state index in [0.29, 0.717) is 17.1 Å². The molecular weight excluding hydrogens is 341 g/mol. The van der Waals surface area contributed by atoms with E-state index in [9.17, 15) is 4.39 Å². The Balaban J connectivity index is 1.48. The van der Waals surface area contributed by atoms with Crippen molar-refractivity contribution in [3.05, 3.63) is 71.7 Å². The van der Waals surface area contributed by atoms with Gasteiger partial charge in [0.05, 0.1) is 11.6 Å². The van der Waals surface area contributed by atoms with Crippen molar-refractivity contribution < 1.29 is 4.39 Å². The first kappa shape index (κ1) is 18.5. The summed E-state index contributed by atoms with van der Waals surface area (Å²) in [5.74, 6) is 0.269. The Hall–Kier alpha value is -3.33. The Labute approximate surface area is 158 Å². The van der Waals surface area contributed by atoms with E-state index in [1.807, 2.05) is 18.2 Å². The number of guanidine groups is 1. The fraction of sp³-hybridized carbons (Fsp3) is 0.238. The standard InChI is InChI=1S/C21H22FN5/c1-24-21(26-15-18-13-16(14-23)7-8-19(18)22)25-10-4-11-27-12-9-17-5-2-3-6-20(17)27/h2-3,5-9,12-13H,4,10-11,15H2,1H3,(H2,24,25,26). The lowest BCUT2D eigenvalue weighted by Crippen LogP contribution is -2.37. The monoisotopic (exact) mass is 363 g/mol. The Bertz CT molecular complexity index is 984. The minimum absolute atomic E-state index is 0.267. The summed E-state index contributed by atoms with van der Waals surface area (Å²) in [5, 5.41) is 16.5. The number of aryl methyl sites for hydroxylation is 1. The summed E-state index contributed by atoms with van der Waals surface area (Å²) in [7, 11) is 1.68. The van der Waals surface area contributed by atoms with Gasteiger partial charge in [0, 0.05) is 44.0 Å². The third-order valence-electron chi connectivity index (χ3n) is 4.39. The van der Waals surface area contributed by atoms with Crippen LogP contribution in [0.15, 0.2) is 59.7 Å². The van der Waals surface area contributed by atoms with Gasteiger partial charge in [0.1, 0.15) is 5.82 Å². The van der Waals surface area contributed by atoms with Crippen LogP contribution in [0, 0.1) is 17.1 Å². The second kappa shape index (κ2) is 8.86. The lowest BCUT2D eigenvalue weighted by atomic mass is 10.1. The second-order valence-electron chi connectivity index (χ2n) is 6.19. The van der Waals surface area contributed by atoms with Gasteiger partial charge in [-0.2, -0.15) is 5.26 Å². The van der Waals surface area contributed by atoms with Gasteiger partial charge in [-0.15, -0.1) is 0 Å². The predicted molar refractivity (Wildman–Crippen MR) is 106 cm³/mol. The molecule has 0 bridgehead atoms. The Morgan fingerprint density at radius 2 is 2.04 bits per heavy atom. The Kier molecular flexibility index (Phi) is 6.06. The first-order valence-electron chi connectivity index (χ1n) is 8.88. The number of nitrogens with zero attached hydrogens (tertiary/aromatic N) is 3. The molecular formula is C21H22FN5. The van der Waals surface area contributed by atoms with Crippen molar-refractivity contribution in [1.29, 1.82) is 5.26 Å². The van der Waals surface area contributed by atoms with E-state index in [1.54, 1.807) is 13.1 Å². The van der Waals surface area contributed by atoms with Crippen molar-refractivity contribution in [2.45, 2.75) is 19.5 Å². The maximum Gasteiger partial charge on any atom is 0.191 e. The van der Waals surface area contributed by atoms with E-state index in [-0.39, 0.29) is 12.4 Å². The molecule has 0 unspecified atom stereocenters. The fourth-order valence-corrected chi connectivity index (χ4v) is 2.97. The van der Waals surface area contributed by atoms with Crippen LogP contribution in [0.4, 0.5) is 4.39 Å². The molecule has 0 saturated carbocycles. The van der Waals surface area contributed by atoms with E-state index in [4.69, 9.17) is 5.26 Å². The molecule has 138 valence electrons. The number of rotatable bonds is 6. The minimum atomic E-state index is -0.337. The van der Waals surface area contributed by atoms with E-state index in [0.717, 1.165) is 19.5 Å². The lowest BCUT2D eigenvalue weighted by Gasteiger charge is -2.13. The van der Waals surface area contributed by atoms with E-state index in [2.05, 4.69) is 44.6 Å². The number of hydrogen-bond donors (Lipinski definition) is 2. The molecule has 0 fully saturated rings. The fourth-order valence-electron chi connectivity index (χ4n) is 2.97. The van der Waals surface area contributed by atoms with Gasteiger partial charge in [0.2, 0.25) is 0 Å². The van der Waals surface area contributed by atoms with Crippen LogP contribution in [0.1, 0.15) is 17.5 Å². The minimum Gasteiger partial charge on any atom is -0.356 e. The number of aromatic nitrogens is 1. The quantitative estimate of drug-likeness (QED) is 0.401. The van der Waals surface area contributed by atoms with E-state index in [1.165, 1.54) is 23.0 Å². The first-order valence-corrected chi connectivity index (χ1v) is 8.88. The molecule has 0 saturated heterocycles. The van der Waals surface area contributed by atoms with Crippen LogP contribution in [0.3, 0.4) is 0 Å². The van der Waals surface area contributed by atoms with Gasteiger partial charge in [-0.1, -0.05) is 18.2 Å². The maximum absolute atomic E-state index is 13.8. The number of aliphatic imine (C=N–C) groups is 1. The predicted octanol–water partition coefficient (Wildman–Crippen LogP) is 3.41. The van der Waals surface area contributed by atoms with Crippen LogP contribution in [0.5, 0.6) is 0 Å². The average Bonchev–Trinajstić information content (AvgIpc) is 3.11. The summed E-state index contributed by atoms with van der Waals surface area (Å²) in [6.07, 6.45) is 3.03. The topological polar surface area (TPSA) is 65.1 Å². The summed E-state index contributed by atoms with van der Waals surface area (Å²) in [6, 6.07) is 16.8. The van der Waals surface area contributed by atoms with Crippen molar-refractivity contribution in [2.24, 2.45) is 4.99 Å². The van der Waals surface area contributed by atoms with Crippen molar-refractivity contribution in [1.82, 2.24) is 15.2 Å². The molecule has 2 aromatic carbocycles. The number of para-hydroxylation sites is 1. The van der Waals surface area contributed by atoms with Crippen molar-refractivity contribution >= 4 is 16.9 Å². The smallest absolute Gasteiger partial charge is 0.191 e. The molecule has 0 spiro atoms. The molecule has 0 atom stereocenters. The summed E-state index contributed by atoms with van der Waals surface area (Å²) in [6.45, 7) is 1.91. The van der Waals surface area contributed by atoms with Gasteiger partial charge in [-0.05, 0) is 42.1 Å². The van der Waals surface area contributed by atoms with E-state index < -0.39 is 0 Å². The lowest BCUT2D eigenvalue weighted by molar-refractivity contribution is 0.602. The number of hydrogen-bond acceptors (Lipinski definition) is 2.